The number of nitrogen functional groups attached to an aromatic ring is 1. The van der Waals surface area contributed by atoms with E-state index in [4.69, 9.17) is 34.7 Å². The minimum absolute atomic E-state index is 0.300. The number of aliphatic hydroxyl groups is 1. The molecule has 0 bridgehead atoms. The number of piperidine rings is 1. The van der Waals surface area contributed by atoms with Gasteiger partial charge in [0.05, 0.1) is 22.3 Å². The van der Waals surface area contributed by atoms with Crippen LogP contribution in [0.1, 0.15) is 13.3 Å². The van der Waals surface area contributed by atoms with E-state index < -0.39 is 11.6 Å². The van der Waals surface area contributed by atoms with Gasteiger partial charge in [0.15, 0.2) is 5.82 Å². The summed E-state index contributed by atoms with van der Waals surface area (Å²) in [5.41, 5.74) is 11.5. The number of benzene rings is 1. The van der Waals surface area contributed by atoms with Crippen LogP contribution in [0.3, 0.4) is 0 Å². The first-order valence-corrected chi connectivity index (χ1v) is 9.31. The first kappa shape index (κ1) is 18.5. The number of nitrogens with zero attached hydrogens (tertiary/aromatic N) is 3. The molecule has 0 radical (unpaired) electrons. The predicted molar refractivity (Wildman–Crippen MR) is 102 cm³/mol. The second-order valence-corrected chi connectivity index (χ2v) is 8.11. The molecule has 1 aliphatic rings. The number of hydrogen-bond acceptors (Lipinski definition) is 7. The Hall–Kier alpha value is -1.25. The van der Waals surface area contributed by atoms with Crippen molar-refractivity contribution in [2.45, 2.75) is 34.9 Å². The molecule has 0 spiro atoms. The normalized spacial score (nSPS) is 23.7. The van der Waals surface area contributed by atoms with E-state index in [9.17, 15) is 5.11 Å². The Morgan fingerprint density at radius 3 is 2.84 bits per heavy atom. The maximum Gasteiger partial charge on any atom is 0.158 e. The van der Waals surface area contributed by atoms with Gasteiger partial charge in [0.2, 0.25) is 0 Å². The molecule has 1 fully saturated rings. The van der Waals surface area contributed by atoms with E-state index in [-0.39, 0.29) is 0 Å². The smallest absolute Gasteiger partial charge is 0.158 e. The molecule has 5 N–H and O–H groups in total. The van der Waals surface area contributed by atoms with Crippen molar-refractivity contribution in [1.82, 2.24) is 9.97 Å². The minimum atomic E-state index is -0.636. The topological polar surface area (TPSA) is 101 Å². The monoisotopic (exact) mass is 399 g/mol. The zero-order valence-corrected chi connectivity index (χ0v) is 15.9. The Labute approximate surface area is 160 Å². The van der Waals surface area contributed by atoms with E-state index in [0.29, 0.717) is 46.2 Å². The van der Waals surface area contributed by atoms with E-state index in [1.165, 1.54) is 11.8 Å². The van der Waals surface area contributed by atoms with E-state index in [2.05, 4.69) is 9.97 Å². The highest BCUT2D eigenvalue weighted by atomic mass is 35.5. The zero-order valence-electron chi connectivity index (χ0n) is 13.6. The van der Waals surface area contributed by atoms with Crippen molar-refractivity contribution in [1.29, 1.82) is 0 Å². The van der Waals surface area contributed by atoms with Crippen molar-refractivity contribution in [2.24, 2.45) is 5.73 Å². The lowest BCUT2D eigenvalue weighted by Crippen LogP contribution is -2.59. The molecule has 134 valence electrons. The van der Waals surface area contributed by atoms with Gasteiger partial charge in [0, 0.05) is 23.5 Å². The summed E-state index contributed by atoms with van der Waals surface area (Å²) in [6, 6.07) is 5.38. The van der Waals surface area contributed by atoms with Crippen LogP contribution in [-0.4, -0.2) is 39.8 Å². The minimum Gasteiger partial charge on any atom is -0.389 e. The van der Waals surface area contributed by atoms with Gasteiger partial charge in [-0.3, -0.25) is 0 Å². The molecule has 0 aliphatic carbocycles. The first-order valence-electron chi connectivity index (χ1n) is 7.74. The van der Waals surface area contributed by atoms with Crippen LogP contribution in [0.5, 0.6) is 0 Å². The Morgan fingerprint density at radius 2 is 2.16 bits per heavy atom. The molecular weight excluding hydrogens is 381 g/mol. The summed E-state index contributed by atoms with van der Waals surface area (Å²) in [7, 11) is 0. The number of aliphatic hydroxyl groups excluding tert-OH is 1. The number of halogens is 2. The Bertz CT molecular complexity index is 789. The first-order chi connectivity index (χ1) is 11.8. The van der Waals surface area contributed by atoms with E-state index in [1.807, 2.05) is 24.0 Å². The summed E-state index contributed by atoms with van der Waals surface area (Å²) in [5.74, 6) is 0.919. The molecule has 2 heterocycles. The second kappa shape index (κ2) is 7.17. The lowest BCUT2D eigenvalue weighted by molar-refractivity contribution is 0.0792. The fraction of sp³-hybridized carbons (Fsp3) is 0.375. The summed E-state index contributed by atoms with van der Waals surface area (Å²) in [6.07, 6.45) is 1.66. The van der Waals surface area contributed by atoms with Gasteiger partial charge in [-0.25, -0.2) is 9.97 Å². The molecule has 1 aromatic carbocycles. The third-order valence-corrected chi connectivity index (χ3v) is 6.27. The average molecular weight is 400 g/mol. The van der Waals surface area contributed by atoms with Crippen LogP contribution in [0.2, 0.25) is 10.0 Å². The van der Waals surface area contributed by atoms with Crippen molar-refractivity contribution in [2.75, 3.05) is 23.7 Å². The molecule has 2 atom stereocenters. The lowest BCUT2D eigenvalue weighted by atomic mass is 9.88. The molecule has 9 heteroatoms. The Morgan fingerprint density at radius 1 is 1.40 bits per heavy atom. The quantitative estimate of drug-likeness (QED) is 0.728. The Balaban J connectivity index is 1.79. The van der Waals surface area contributed by atoms with E-state index >= 15 is 0 Å². The van der Waals surface area contributed by atoms with Crippen molar-refractivity contribution in [3.05, 3.63) is 34.4 Å². The molecule has 3 rings (SSSR count). The molecule has 1 aromatic heterocycles. The highest BCUT2D eigenvalue weighted by Gasteiger charge is 2.35. The van der Waals surface area contributed by atoms with Crippen molar-refractivity contribution < 1.29 is 5.11 Å². The van der Waals surface area contributed by atoms with Gasteiger partial charge < -0.3 is 21.5 Å². The molecule has 1 saturated heterocycles. The average Bonchev–Trinajstić information content (AvgIpc) is 2.56. The number of hydrogen-bond donors (Lipinski definition) is 3. The summed E-state index contributed by atoms with van der Waals surface area (Å²) in [4.78, 5) is 11.5. The Kier molecular flexibility index (Phi) is 5.31. The van der Waals surface area contributed by atoms with Gasteiger partial charge in [-0.2, -0.15) is 0 Å². The maximum atomic E-state index is 10.2. The van der Waals surface area contributed by atoms with Crippen molar-refractivity contribution in [3.63, 3.8) is 0 Å². The summed E-state index contributed by atoms with van der Waals surface area (Å²) >= 11 is 13.5. The standard InChI is InChI=1S/C16H19Cl2N5OS/c1-16(20)5-6-23(8-11(16)24)12-7-21-15(14(19)22-12)25-10-4-2-3-9(17)13(10)18/h2-4,7,11,24H,5-6,8,20H2,1H3,(H2,19,22)/t11-,16-/m0/s1. The summed E-state index contributed by atoms with van der Waals surface area (Å²) in [5, 5.41) is 11.6. The van der Waals surface area contributed by atoms with Crippen LogP contribution in [0.25, 0.3) is 0 Å². The zero-order chi connectivity index (χ0) is 18.2. The van der Waals surface area contributed by atoms with Crippen molar-refractivity contribution in [3.8, 4) is 0 Å². The third kappa shape index (κ3) is 3.96. The van der Waals surface area contributed by atoms with E-state index in [0.717, 1.165) is 4.90 Å². The number of nitrogens with two attached hydrogens (primary N) is 2. The third-order valence-electron chi connectivity index (χ3n) is 4.27. The molecular formula is C16H19Cl2N5OS. The van der Waals surface area contributed by atoms with E-state index in [1.54, 1.807) is 12.3 Å². The van der Waals surface area contributed by atoms with Crippen LogP contribution in [0.15, 0.2) is 34.3 Å². The van der Waals surface area contributed by atoms with Crippen LogP contribution in [0.4, 0.5) is 11.6 Å². The highest BCUT2D eigenvalue weighted by Crippen LogP contribution is 2.38. The van der Waals surface area contributed by atoms with Gasteiger partial charge in [0.1, 0.15) is 10.8 Å². The maximum absolute atomic E-state index is 10.2. The number of β-amino-alcohol motifs (C(OH)–C–C–N with tert-alkyl or cyclic N) is 1. The fourth-order valence-corrected chi connectivity index (χ4v) is 3.82. The number of rotatable bonds is 3. The lowest BCUT2D eigenvalue weighted by Gasteiger charge is -2.41. The molecule has 0 saturated carbocycles. The van der Waals surface area contributed by atoms with Crippen molar-refractivity contribution >= 4 is 46.6 Å². The van der Waals surface area contributed by atoms with Gasteiger partial charge in [-0.15, -0.1) is 0 Å². The molecule has 0 unspecified atom stereocenters. The largest absolute Gasteiger partial charge is 0.389 e. The van der Waals surface area contributed by atoms with Crippen LogP contribution < -0.4 is 16.4 Å². The highest BCUT2D eigenvalue weighted by molar-refractivity contribution is 7.99. The molecule has 0 amide bonds. The molecule has 6 nitrogen and oxygen atoms in total. The molecule has 1 aliphatic heterocycles. The van der Waals surface area contributed by atoms with Gasteiger partial charge >= 0.3 is 0 Å². The van der Waals surface area contributed by atoms with Crippen LogP contribution >= 0.6 is 35.0 Å². The van der Waals surface area contributed by atoms with Crippen LogP contribution in [0, 0.1) is 0 Å². The summed E-state index contributed by atoms with van der Waals surface area (Å²) < 4.78 is 0. The van der Waals surface area contributed by atoms with Gasteiger partial charge in [-0.05, 0) is 25.5 Å². The second-order valence-electron chi connectivity index (χ2n) is 6.29. The molecule has 25 heavy (non-hydrogen) atoms. The number of anilines is 2. The molecule has 2 aromatic rings. The SMILES string of the molecule is C[C@]1(N)CCN(c2cnc(Sc3cccc(Cl)c3Cl)c(N)n2)C[C@@H]1O. The van der Waals surface area contributed by atoms with Gasteiger partial charge in [0.25, 0.3) is 0 Å². The van der Waals surface area contributed by atoms with Gasteiger partial charge in [-0.1, -0.05) is 41.0 Å². The number of aromatic nitrogens is 2. The fourth-order valence-electron chi connectivity index (χ4n) is 2.54. The predicted octanol–water partition coefficient (Wildman–Crippen LogP) is 2.81. The van der Waals surface area contributed by atoms with Crippen LogP contribution in [-0.2, 0) is 0 Å². The summed E-state index contributed by atoms with van der Waals surface area (Å²) in [6.45, 7) is 2.93.